The number of hydrogen-bond donors (Lipinski definition) is 2. The third-order valence-corrected chi connectivity index (χ3v) is 3.46. The Hall–Kier alpha value is -1.14. The van der Waals surface area contributed by atoms with Crippen molar-refractivity contribution in [3.63, 3.8) is 0 Å². The van der Waals surface area contributed by atoms with Crippen molar-refractivity contribution in [3.05, 3.63) is 5.28 Å². The fraction of sp³-hybridized carbons (Fsp3) is 0.769. The molecule has 7 heteroatoms. The van der Waals surface area contributed by atoms with Crippen LogP contribution in [0.5, 0.6) is 0 Å². The van der Waals surface area contributed by atoms with E-state index in [2.05, 4.69) is 44.3 Å². The van der Waals surface area contributed by atoms with Crippen LogP contribution in [0.4, 0.5) is 11.9 Å². The molecule has 1 aromatic rings. The molecule has 1 aliphatic carbocycles. The molecule has 1 heterocycles. The predicted octanol–water partition coefficient (Wildman–Crippen LogP) is 2.24. The topological polar surface area (TPSA) is 66.0 Å². The minimum Gasteiger partial charge on any atom is -0.354 e. The van der Waals surface area contributed by atoms with E-state index in [1.165, 1.54) is 12.8 Å². The highest BCUT2D eigenvalue weighted by Gasteiger charge is 2.27. The molecule has 2 N–H and O–H groups in total. The van der Waals surface area contributed by atoms with Gasteiger partial charge in [0.05, 0.1) is 0 Å². The Morgan fingerprint density at radius 2 is 1.75 bits per heavy atom. The van der Waals surface area contributed by atoms with Crippen LogP contribution in [0.15, 0.2) is 0 Å². The lowest BCUT2D eigenvalue weighted by Crippen LogP contribution is -2.31. The van der Waals surface area contributed by atoms with Crippen LogP contribution >= 0.6 is 11.6 Å². The standard InChI is InChI=1S/C13H23ClN6/c1-3-7-15-12-17-11(14)18-13(19-12)16-8-9-20(4-2)10-5-6-10/h10H,3-9H2,1-2H3,(H2,15,16,17,18,19). The van der Waals surface area contributed by atoms with Crippen molar-refractivity contribution in [2.24, 2.45) is 0 Å². The molecule has 0 aromatic carbocycles. The van der Waals surface area contributed by atoms with Gasteiger partial charge in [0.25, 0.3) is 0 Å². The molecule has 6 nitrogen and oxygen atoms in total. The molecule has 112 valence electrons. The van der Waals surface area contributed by atoms with Crippen molar-refractivity contribution < 1.29 is 0 Å². The summed E-state index contributed by atoms with van der Waals surface area (Å²) in [7, 11) is 0. The first-order valence-electron chi connectivity index (χ1n) is 7.36. The van der Waals surface area contributed by atoms with Crippen molar-refractivity contribution in [3.8, 4) is 0 Å². The van der Waals surface area contributed by atoms with Gasteiger partial charge in [0.15, 0.2) is 0 Å². The van der Waals surface area contributed by atoms with E-state index >= 15 is 0 Å². The maximum Gasteiger partial charge on any atom is 0.228 e. The Kier molecular flexibility index (Phi) is 5.79. The highest BCUT2D eigenvalue weighted by atomic mass is 35.5. The van der Waals surface area contributed by atoms with E-state index < -0.39 is 0 Å². The second-order valence-electron chi connectivity index (χ2n) is 4.96. The summed E-state index contributed by atoms with van der Waals surface area (Å²) in [6.07, 6.45) is 3.67. The first kappa shape index (κ1) is 15.3. The summed E-state index contributed by atoms with van der Waals surface area (Å²) in [5.41, 5.74) is 0. The number of halogens is 1. The van der Waals surface area contributed by atoms with Gasteiger partial charge in [0, 0.05) is 25.7 Å². The second kappa shape index (κ2) is 7.59. The molecule has 1 fully saturated rings. The maximum atomic E-state index is 5.91. The van der Waals surface area contributed by atoms with Crippen LogP contribution in [0, 0.1) is 0 Å². The summed E-state index contributed by atoms with van der Waals surface area (Å²) in [6, 6.07) is 0.783. The third kappa shape index (κ3) is 4.76. The highest BCUT2D eigenvalue weighted by Crippen LogP contribution is 2.25. The summed E-state index contributed by atoms with van der Waals surface area (Å²) in [4.78, 5) is 14.9. The average Bonchev–Trinajstić information content (AvgIpc) is 3.25. The zero-order chi connectivity index (χ0) is 14.4. The van der Waals surface area contributed by atoms with Gasteiger partial charge in [0.1, 0.15) is 0 Å². The van der Waals surface area contributed by atoms with Crippen molar-refractivity contribution >= 4 is 23.5 Å². The smallest absolute Gasteiger partial charge is 0.228 e. The molecule has 0 spiro atoms. The largest absolute Gasteiger partial charge is 0.354 e. The van der Waals surface area contributed by atoms with Crippen molar-refractivity contribution in [2.75, 3.05) is 36.8 Å². The van der Waals surface area contributed by atoms with E-state index in [1.54, 1.807) is 0 Å². The van der Waals surface area contributed by atoms with Gasteiger partial charge in [0.2, 0.25) is 17.2 Å². The molecule has 0 unspecified atom stereocenters. The number of likely N-dealkylation sites (N-methyl/N-ethyl adjacent to an activating group) is 1. The molecule has 0 bridgehead atoms. The van der Waals surface area contributed by atoms with E-state index in [-0.39, 0.29) is 5.28 Å². The first-order chi connectivity index (χ1) is 9.72. The Morgan fingerprint density at radius 1 is 1.10 bits per heavy atom. The zero-order valence-corrected chi connectivity index (χ0v) is 12.9. The molecule has 20 heavy (non-hydrogen) atoms. The third-order valence-electron chi connectivity index (χ3n) is 3.29. The first-order valence-corrected chi connectivity index (χ1v) is 7.74. The van der Waals surface area contributed by atoms with E-state index in [0.717, 1.165) is 38.6 Å². The summed E-state index contributed by atoms with van der Waals surface area (Å²) in [6.45, 7) is 8.02. The minimum absolute atomic E-state index is 0.218. The molecule has 0 amide bonds. The fourth-order valence-electron chi connectivity index (χ4n) is 2.09. The summed E-state index contributed by atoms with van der Waals surface area (Å²) < 4.78 is 0. The van der Waals surface area contributed by atoms with Crippen LogP contribution in [0.3, 0.4) is 0 Å². The number of aromatic nitrogens is 3. The van der Waals surface area contributed by atoms with Crippen LogP contribution in [-0.4, -0.2) is 52.1 Å². The molecule has 1 aliphatic rings. The van der Waals surface area contributed by atoms with Crippen LogP contribution in [0.25, 0.3) is 0 Å². The Bertz CT molecular complexity index is 423. The number of rotatable bonds is 9. The van der Waals surface area contributed by atoms with Crippen LogP contribution in [-0.2, 0) is 0 Å². The Labute approximate surface area is 125 Å². The van der Waals surface area contributed by atoms with E-state index in [9.17, 15) is 0 Å². The SMILES string of the molecule is CCCNc1nc(Cl)nc(NCCN(CC)C2CC2)n1. The molecule has 1 aromatic heterocycles. The highest BCUT2D eigenvalue weighted by molar-refractivity contribution is 6.28. The van der Waals surface area contributed by atoms with Crippen molar-refractivity contribution in [1.29, 1.82) is 0 Å². The normalized spacial score (nSPS) is 14.6. The fourth-order valence-corrected chi connectivity index (χ4v) is 2.25. The molecule has 0 aliphatic heterocycles. The predicted molar refractivity (Wildman–Crippen MR) is 82.4 cm³/mol. The van der Waals surface area contributed by atoms with E-state index in [0.29, 0.717) is 11.9 Å². The van der Waals surface area contributed by atoms with Gasteiger partial charge in [-0.05, 0) is 37.4 Å². The van der Waals surface area contributed by atoms with Gasteiger partial charge in [-0.1, -0.05) is 13.8 Å². The lowest BCUT2D eigenvalue weighted by atomic mass is 10.4. The lowest BCUT2D eigenvalue weighted by molar-refractivity contribution is 0.289. The van der Waals surface area contributed by atoms with Gasteiger partial charge >= 0.3 is 0 Å². The van der Waals surface area contributed by atoms with Gasteiger partial charge in [-0.2, -0.15) is 15.0 Å². The van der Waals surface area contributed by atoms with Crippen LogP contribution in [0.2, 0.25) is 5.28 Å². The second-order valence-corrected chi connectivity index (χ2v) is 5.30. The van der Waals surface area contributed by atoms with Crippen molar-refractivity contribution in [2.45, 2.75) is 39.2 Å². The lowest BCUT2D eigenvalue weighted by Gasteiger charge is -2.19. The molecule has 0 atom stereocenters. The average molecular weight is 299 g/mol. The molecule has 0 saturated heterocycles. The number of anilines is 2. The summed E-state index contributed by atoms with van der Waals surface area (Å²) >= 11 is 5.91. The molecule has 1 saturated carbocycles. The quantitative estimate of drug-likeness (QED) is 0.729. The summed E-state index contributed by atoms with van der Waals surface area (Å²) in [5.74, 6) is 1.07. The summed E-state index contributed by atoms with van der Waals surface area (Å²) in [5, 5.41) is 6.56. The van der Waals surface area contributed by atoms with Gasteiger partial charge in [-0.25, -0.2) is 0 Å². The molecular weight excluding hydrogens is 276 g/mol. The Balaban J connectivity index is 1.83. The van der Waals surface area contributed by atoms with Gasteiger partial charge < -0.3 is 10.6 Å². The molecule has 0 radical (unpaired) electrons. The number of nitrogens with zero attached hydrogens (tertiary/aromatic N) is 4. The minimum atomic E-state index is 0.218. The van der Waals surface area contributed by atoms with E-state index in [4.69, 9.17) is 11.6 Å². The van der Waals surface area contributed by atoms with Crippen LogP contribution < -0.4 is 10.6 Å². The maximum absolute atomic E-state index is 5.91. The van der Waals surface area contributed by atoms with Crippen molar-refractivity contribution in [1.82, 2.24) is 19.9 Å². The monoisotopic (exact) mass is 298 g/mol. The van der Waals surface area contributed by atoms with Crippen LogP contribution in [0.1, 0.15) is 33.1 Å². The Morgan fingerprint density at radius 3 is 2.30 bits per heavy atom. The van der Waals surface area contributed by atoms with Gasteiger partial charge in [-0.3, -0.25) is 4.90 Å². The van der Waals surface area contributed by atoms with Gasteiger partial charge in [-0.15, -0.1) is 0 Å². The number of nitrogens with one attached hydrogen (secondary N) is 2. The van der Waals surface area contributed by atoms with E-state index in [1.807, 2.05) is 0 Å². The number of hydrogen-bond acceptors (Lipinski definition) is 6. The zero-order valence-electron chi connectivity index (χ0n) is 12.2. The molecular formula is C13H23ClN6. The molecule has 2 rings (SSSR count).